The van der Waals surface area contributed by atoms with E-state index in [0.29, 0.717) is 22.7 Å². The Morgan fingerprint density at radius 1 is 1.00 bits per heavy atom. The van der Waals surface area contributed by atoms with E-state index in [9.17, 15) is 0 Å². The van der Waals surface area contributed by atoms with Gasteiger partial charge < -0.3 is 4.90 Å². The summed E-state index contributed by atoms with van der Waals surface area (Å²) in [6.07, 6.45) is 2.61. The Balaban J connectivity index is 1.38. The molecule has 7 nitrogen and oxygen atoms in total. The Bertz CT molecular complexity index is 1080. The van der Waals surface area contributed by atoms with Crippen LogP contribution in [0, 0.1) is 0 Å². The van der Waals surface area contributed by atoms with Gasteiger partial charge in [0.25, 0.3) is 0 Å². The summed E-state index contributed by atoms with van der Waals surface area (Å²) in [7, 11) is 0. The molecule has 0 atom stereocenters. The van der Waals surface area contributed by atoms with Gasteiger partial charge in [0, 0.05) is 23.7 Å². The fourth-order valence-electron chi connectivity index (χ4n) is 3.25. The highest BCUT2D eigenvalue weighted by atomic mass is 35.5. The van der Waals surface area contributed by atoms with E-state index in [1.165, 1.54) is 11.1 Å². The maximum atomic E-state index is 5.93. The normalized spacial score (nSPS) is 13.6. The molecule has 3 heterocycles. The number of nitrogens with one attached hydrogen (secondary N) is 1. The second-order valence-electron chi connectivity index (χ2n) is 6.42. The van der Waals surface area contributed by atoms with E-state index in [1.807, 2.05) is 24.3 Å². The van der Waals surface area contributed by atoms with Crippen molar-refractivity contribution in [2.45, 2.75) is 13.0 Å². The number of halogens is 1. The third kappa shape index (κ3) is 3.06. The van der Waals surface area contributed by atoms with Gasteiger partial charge in [0.1, 0.15) is 6.33 Å². The standard InChI is InChI=1S/C19H16ClN7/c20-16-7-5-14(6-8-16)17-21-12-27(25-17)19-22-18(23-24-19)26-10-9-13-3-1-2-4-15(13)11-26/h1-8,12H,9-11H2,(H,22,23,24). The van der Waals surface area contributed by atoms with E-state index in [1.54, 1.807) is 11.0 Å². The van der Waals surface area contributed by atoms with Crippen LogP contribution in [-0.2, 0) is 13.0 Å². The van der Waals surface area contributed by atoms with Gasteiger partial charge in [-0.05, 0) is 41.8 Å². The third-order valence-electron chi connectivity index (χ3n) is 4.69. The first-order chi connectivity index (χ1) is 13.3. The van der Waals surface area contributed by atoms with Crippen LogP contribution < -0.4 is 4.90 Å². The first-order valence-electron chi connectivity index (χ1n) is 8.68. The van der Waals surface area contributed by atoms with Crippen molar-refractivity contribution in [3.05, 3.63) is 71.0 Å². The highest BCUT2D eigenvalue weighted by molar-refractivity contribution is 6.30. The summed E-state index contributed by atoms with van der Waals surface area (Å²) in [5, 5.41) is 12.5. The topological polar surface area (TPSA) is 75.5 Å². The first-order valence-corrected chi connectivity index (χ1v) is 9.06. The van der Waals surface area contributed by atoms with E-state index >= 15 is 0 Å². The Morgan fingerprint density at radius 3 is 2.67 bits per heavy atom. The molecule has 2 aromatic carbocycles. The molecule has 1 N–H and O–H groups in total. The van der Waals surface area contributed by atoms with Crippen molar-refractivity contribution in [1.29, 1.82) is 0 Å². The molecule has 0 radical (unpaired) electrons. The lowest BCUT2D eigenvalue weighted by Crippen LogP contribution is -2.31. The zero-order valence-corrected chi connectivity index (χ0v) is 15.1. The lowest BCUT2D eigenvalue weighted by molar-refractivity contribution is 0.709. The molecule has 1 aliphatic heterocycles. The number of anilines is 1. The Morgan fingerprint density at radius 2 is 1.81 bits per heavy atom. The highest BCUT2D eigenvalue weighted by Crippen LogP contribution is 2.22. The minimum atomic E-state index is 0.538. The molecule has 5 rings (SSSR count). The monoisotopic (exact) mass is 377 g/mol. The molecule has 0 aliphatic carbocycles. The number of fused-ring (bicyclic) bond motifs is 1. The molecule has 0 unspecified atom stereocenters. The lowest BCUT2D eigenvalue weighted by atomic mass is 10.0. The predicted octanol–water partition coefficient (Wildman–Crippen LogP) is 3.27. The molecule has 134 valence electrons. The third-order valence-corrected chi connectivity index (χ3v) is 4.94. The zero-order valence-electron chi connectivity index (χ0n) is 14.4. The lowest BCUT2D eigenvalue weighted by Gasteiger charge is -2.27. The van der Waals surface area contributed by atoms with Crippen LogP contribution in [0.4, 0.5) is 5.95 Å². The molecule has 1 aliphatic rings. The molecule has 0 saturated carbocycles. The van der Waals surface area contributed by atoms with Gasteiger partial charge in [-0.3, -0.25) is 0 Å². The van der Waals surface area contributed by atoms with Crippen molar-refractivity contribution in [1.82, 2.24) is 29.9 Å². The number of H-pyrrole nitrogens is 1. The number of hydrogen-bond donors (Lipinski definition) is 1. The van der Waals surface area contributed by atoms with Gasteiger partial charge >= 0.3 is 0 Å². The summed E-state index contributed by atoms with van der Waals surface area (Å²) in [6.45, 7) is 1.70. The second kappa shape index (κ2) is 6.51. The molecule has 0 fully saturated rings. The van der Waals surface area contributed by atoms with Crippen molar-refractivity contribution >= 4 is 17.5 Å². The minimum absolute atomic E-state index is 0.538. The summed E-state index contributed by atoms with van der Waals surface area (Å²) in [5.41, 5.74) is 3.61. The van der Waals surface area contributed by atoms with Crippen molar-refractivity contribution in [3.8, 4) is 17.3 Å². The maximum absolute atomic E-state index is 5.93. The molecule has 0 bridgehead atoms. The van der Waals surface area contributed by atoms with Crippen molar-refractivity contribution < 1.29 is 0 Å². The van der Waals surface area contributed by atoms with Gasteiger partial charge in [-0.2, -0.15) is 9.67 Å². The average Bonchev–Trinajstić information content (AvgIpc) is 3.38. The van der Waals surface area contributed by atoms with Gasteiger partial charge in [0.2, 0.25) is 11.9 Å². The van der Waals surface area contributed by atoms with Crippen molar-refractivity contribution in [3.63, 3.8) is 0 Å². The van der Waals surface area contributed by atoms with Crippen LogP contribution in [0.3, 0.4) is 0 Å². The van der Waals surface area contributed by atoms with Crippen molar-refractivity contribution in [2.24, 2.45) is 0 Å². The van der Waals surface area contributed by atoms with E-state index in [2.05, 4.69) is 54.4 Å². The van der Waals surface area contributed by atoms with Crippen LogP contribution in [0.25, 0.3) is 17.3 Å². The van der Waals surface area contributed by atoms with Gasteiger partial charge in [-0.25, -0.2) is 10.1 Å². The van der Waals surface area contributed by atoms with Gasteiger partial charge in [-0.1, -0.05) is 35.9 Å². The van der Waals surface area contributed by atoms with E-state index < -0.39 is 0 Å². The molecule has 0 saturated heterocycles. The average molecular weight is 378 g/mol. The smallest absolute Gasteiger partial charge is 0.249 e. The van der Waals surface area contributed by atoms with Crippen LogP contribution in [-0.4, -0.2) is 36.5 Å². The number of hydrogen-bond acceptors (Lipinski definition) is 5. The van der Waals surface area contributed by atoms with Gasteiger partial charge in [0.05, 0.1) is 0 Å². The predicted molar refractivity (Wildman–Crippen MR) is 103 cm³/mol. The molecule has 0 spiro atoms. The highest BCUT2D eigenvalue weighted by Gasteiger charge is 2.20. The first kappa shape index (κ1) is 16.0. The number of nitrogens with zero attached hydrogens (tertiary/aromatic N) is 6. The minimum Gasteiger partial charge on any atom is -0.335 e. The summed E-state index contributed by atoms with van der Waals surface area (Å²) < 4.78 is 1.60. The molecular weight excluding hydrogens is 362 g/mol. The van der Waals surface area contributed by atoms with Crippen LogP contribution >= 0.6 is 11.6 Å². The zero-order chi connectivity index (χ0) is 18.2. The number of aromatic nitrogens is 6. The quantitative estimate of drug-likeness (QED) is 0.593. The molecule has 8 heteroatoms. The second-order valence-corrected chi connectivity index (χ2v) is 6.86. The van der Waals surface area contributed by atoms with E-state index in [4.69, 9.17) is 11.6 Å². The largest absolute Gasteiger partial charge is 0.335 e. The van der Waals surface area contributed by atoms with Gasteiger partial charge in [-0.15, -0.1) is 10.2 Å². The Labute approximate surface area is 160 Å². The molecule has 27 heavy (non-hydrogen) atoms. The number of benzene rings is 2. The summed E-state index contributed by atoms with van der Waals surface area (Å²) in [4.78, 5) is 11.1. The molecule has 2 aromatic heterocycles. The number of aromatic amines is 1. The number of rotatable bonds is 3. The Hall–Kier alpha value is -3.19. The van der Waals surface area contributed by atoms with Crippen LogP contribution in [0.1, 0.15) is 11.1 Å². The summed E-state index contributed by atoms with van der Waals surface area (Å²) in [5.74, 6) is 1.82. The fourth-order valence-corrected chi connectivity index (χ4v) is 3.38. The Kier molecular flexibility index (Phi) is 3.86. The fraction of sp³-hybridized carbons (Fsp3) is 0.158. The molecular formula is C19H16ClN7. The van der Waals surface area contributed by atoms with E-state index in [-0.39, 0.29) is 0 Å². The van der Waals surface area contributed by atoms with Crippen LogP contribution in [0.5, 0.6) is 0 Å². The van der Waals surface area contributed by atoms with Crippen LogP contribution in [0.2, 0.25) is 5.02 Å². The summed E-state index contributed by atoms with van der Waals surface area (Å²) in [6, 6.07) is 15.9. The maximum Gasteiger partial charge on any atom is 0.249 e. The molecule has 0 amide bonds. The van der Waals surface area contributed by atoms with E-state index in [0.717, 1.165) is 25.1 Å². The van der Waals surface area contributed by atoms with Crippen LogP contribution in [0.15, 0.2) is 54.9 Å². The molecule has 4 aromatic rings. The van der Waals surface area contributed by atoms with Gasteiger partial charge in [0.15, 0.2) is 5.82 Å². The van der Waals surface area contributed by atoms with Crippen molar-refractivity contribution in [2.75, 3.05) is 11.4 Å². The summed E-state index contributed by atoms with van der Waals surface area (Å²) >= 11 is 5.93. The SMILES string of the molecule is Clc1ccc(-c2ncn(-c3nc(N4CCc5ccccc5C4)n[nH]3)n2)cc1.